The minimum absolute atomic E-state index is 0.211. The van der Waals surface area contributed by atoms with Crippen LogP contribution in [0.5, 0.6) is 0 Å². The molecule has 0 saturated carbocycles. The normalized spacial score (nSPS) is 9.00. The fraction of sp³-hybridized carbons (Fsp3) is 0. The van der Waals surface area contributed by atoms with Crippen LogP contribution in [0.1, 0.15) is 0 Å². The summed E-state index contributed by atoms with van der Waals surface area (Å²) in [6.45, 7) is 0. The van der Waals surface area contributed by atoms with Gasteiger partial charge in [0, 0.05) is 0 Å². The van der Waals surface area contributed by atoms with Gasteiger partial charge in [0.25, 0.3) is 0 Å². The van der Waals surface area contributed by atoms with Crippen LogP contribution in [0.15, 0.2) is 12.4 Å². The molecule has 0 aliphatic rings. The molecule has 0 fully saturated rings. The molecule has 1 aromatic heterocycles. The van der Waals surface area contributed by atoms with Gasteiger partial charge in [-0.25, -0.2) is 0 Å². The highest BCUT2D eigenvalue weighted by Gasteiger charge is 1.88. The summed E-state index contributed by atoms with van der Waals surface area (Å²) in [5.74, 6) is 0. The van der Waals surface area contributed by atoms with Crippen LogP contribution in [0.25, 0.3) is 0 Å². The van der Waals surface area contributed by atoms with Gasteiger partial charge in [0.05, 0.1) is 12.4 Å². The monoisotopic (exact) mass is 128 g/mol. The molecule has 0 amide bonds. The van der Waals surface area contributed by atoms with E-state index in [4.69, 9.17) is 5.73 Å². The second kappa shape index (κ2) is 1.87. The van der Waals surface area contributed by atoms with E-state index >= 15 is 0 Å². The summed E-state index contributed by atoms with van der Waals surface area (Å²) in [6, 6.07) is 0. The molecular weight excluding hydrogens is 124 g/mol. The molecule has 8 heavy (non-hydrogen) atoms. The van der Waals surface area contributed by atoms with Crippen molar-refractivity contribution in [3.05, 3.63) is 12.4 Å². The Hall–Kier alpha value is -0.970. The number of hydrogen-bond acceptors (Lipinski definition) is 3. The molecule has 1 aromatic rings. The predicted molar refractivity (Wildman–Crippen MR) is 32.2 cm³/mol. The number of thiocarbonyl (C=S) groups is 1. The fourth-order valence-electron chi connectivity index (χ4n) is 0.326. The van der Waals surface area contributed by atoms with E-state index in [1.165, 1.54) is 10.9 Å². The van der Waals surface area contributed by atoms with Crippen molar-refractivity contribution in [2.45, 2.75) is 0 Å². The Kier molecular flexibility index (Phi) is 1.21. The predicted octanol–water partition coefficient (Wildman–Crippen LogP) is -0.630. The zero-order chi connectivity index (χ0) is 5.98. The Morgan fingerprint density at radius 1 is 1.75 bits per heavy atom. The number of nitrogens with zero attached hydrogens (tertiary/aromatic N) is 3. The van der Waals surface area contributed by atoms with Crippen molar-refractivity contribution in [3.8, 4) is 0 Å². The molecule has 42 valence electrons. The van der Waals surface area contributed by atoms with Crippen LogP contribution in [-0.2, 0) is 0 Å². The zero-order valence-electron chi connectivity index (χ0n) is 3.98. The molecule has 0 bridgehead atoms. The van der Waals surface area contributed by atoms with E-state index in [0.29, 0.717) is 0 Å². The third-order valence-electron chi connectivity index (χ3n) is 0.648. The first-order chi connectivity index (χ1) is 3.80. The van der Waals surface area contributed by atoms with Crippen molar-refractivity contribution in [2.75, 3.05) is 0 Å². The van der Waals surface area contributed by atoms with Crippen molar-refractivity contribution in [2.24, 2.45) is 5.73 Å². The fourth-order valence-corrected chi connectivity index (χ4v) is 0.423. The molecule has 1 rings (SSSR count). The van der Waals surface area contributed by atoms with Crippen LogP contribution in [-0.4, -0.2) is 20.1 Å². The molecule has 0 aliphatic carbocycles. The van der Waals surface area contributed by atoms with Gasteiger partial charge in [-0.1, -0.05) is 5.21 Å². The van der Waals surface area contributed by atoms with Crippen LogP contribution in [0.2, 0.25) is 0 Å². The molecular formula is C3H4N4S. The van der Waals surface area contributed by atoms with Crippen LogP contribution < -0.4 is 5.73 Å². The van der Waals surface area contributed by atoms with Crippen LogP contribution in [0, 0.1) is 0 Å². The van der Waals surface area contributed by atoms with Gasteiger partial charge in [0.1, 0.15) is 0 Å². The van der Waals surface area contributed by atoms with E-state index in [-0.39, 0.29) is 5.11 Å². The topological polar surface area (TPSA) is 56.7 Å². The van der Waals surface area contributed by atoms with Crippen molar-refractivity contribution in [1.29, 1.82) is 0 Å². The molecule has 4 nitrogen and oxygen atoms in total. The van der Waals surface area contributed by atoms with E-state index in [1.807, 2.05) is 0 Å². The average molecular weight is 128 g/mol. The van der Waals surface area contributed by atoms with Gasteiger partial charge in [-0.3, -0.25) is 0 Å². The summed E-state index contributed by atoms with van der Waals surface area (Å²) >= 11 is 4.55. The lowest BCUT2D eigenvalue weighted by Gasteiger charge is -1.89. The third-order valence-corrected chi connectivity index (χ3v) is 0.835. The lowest BCUT2D eigenvalue weighted by atomic mass is 10.9. The Morgan fingerprint density at radius 3 is 2.75 bits per heavy atom. The van der Waals surface area contributed by atoms with E-state index < -0.39 is 0 Å². The van der Waals surface area contributed by atoms with Gasteiger partial charge in [0.2, 0.25) is 0 Å². The molecule has 0 radical (unpaired) electrons. The van der Waals surface area contributed by atoms with Gasteiger partial charge in [-0.15, -0.1) is 5.10 Å². The maximum absolute atomic E-state index is 5.15. The molecule has 0 spiro atoms. The van der Waals surface area contributed by atoms with Crippen molar-refractivity contribution < 1.29 is 0 Å². The minimum atomic E-state index is 0.211. The smallest absolute Gasteiger partial charge is 0.192 e. The maximum atomic E-state index is 5.15. The van der Waals surface area contributed by atoms with Crippen LogP contribution >= 0.6 is 12.2 Å². The van der Waals surface area contributed by atoms with Gasteiger partial charge in [-0.05, 0) is 12.2 Å². The van der Waals surface area contributed by atoms with E-state index in [0.717, 1.165) is 0 Å². The van der Waals surface area contributed by atoms with Crippen LogP contribution in [0.3, 0.4) is 0 Å². The van der Waals surface area contributed by atoms with E-state index in [9.17, 15) is 0 Å². The molecule has 2 N–H and O–H groups in total. The Morgan fingerprint density at radius 2 is 2.50 bits per heavy atom. The highest BCUT2D eigenvalue weighted by atomic mass is 32.1. The van der Waals surface area contributed by atoms with Gasteiger partial charge < -0.3 is 5.73 Å². The Bertz CT molecular complexity index is 179. The quantitative estimate of drug-likeness (QED) is 0.473. The highest BCUT2D eigenvalue weighted by molar-refractivity contribution is 7.80. The van der Waals surface area contributed by atoms with E-state index in [2.05, 4.69) is 22.5 Å². The standard InChI is InChI=1S/C3H4N4S/c4-3(8)7-2-1-5-6-7/h1-2H,(H2,4,8). The lowest BCUT2D eigenvalue weighted by Crippen LogP contribution is -2.19. The first kappa shape index (κ1) is 5.17. The van der Waals surface area contributed by atoms with Crippen molar-refractivity contribution in [3.63, 3.8) is 0 Å². The summed E-state index contributed by atoms with van der Waals surface area (Å²) in [7, 11) is 0. The number of nitrogens with two attached hydrogens (primary N) is 1. The number of hydrogen-bond donors (Lipinski definition) is 1. The largest absolute Gasteiger partial charge is 0.374 e. The molecule has 5 heteroatoms. The molecule has 0 aliphatic heterocycles. The van der Waals surface area contributed by atoms with Crippen molar-refractivity contribution >= 4 is 17.3 Å². The highest BCUT2D eigenvalue weighted by Crippen LogP contribution is 1.74. The summed E-state index contributed by atoms with van der Waals surface area (Å²) in [5, 5.41) is 7.22. The summed E-state index contributed by atoms with van der Waals surface area (Å²) < 4.78 is 1.31. The summed E-state index contributed by atoms with van der Waals surface area (Å²) in [5.41, 5.74) is 5.15. The molecule has 1 heterocycles. The average Bonchev–Trinajstić information content (AvgIpc) is 2.12. The third kappa shape index (κ3) is 0.812. The molecule has 0 aromatic carbocycles. The van der Waals surface area contributed by atoms with Crippen molar-refractivity contribution in [1.82, 2.24) is 15.0 Å². The summed E-state index contributed by atoms with van der Waals surface area (Å²) in [4.78, 5) is 0. The first-order valence-corrected chi connectivity index (χ1v) is 2.37. The zero-order valence-corrected chi connectivity index (χ0v) is 4.80. The Balaban J connectivity index is 2.93. The second-order valence-corrected chi connectivity index (χ2v) is 1.60. The lowest BCUT2D eigenvalue weighted by molar-refractivity contribution is 0.845. The molecule has 0 atom stereocenters. The number of rotatable bonds is 0. The van der Waals surface area contributed by atoms with E-state index in [1.54, 1.807) is 6.20 Å². The maximum Gasteiger partial charge on any atom is 0.192 e. The SMILES string of the molecule is NC(=S)n1ccnn1. The molecule has 0 unspecified atom stereocenters. The summed E-state index contributed by atoms with van der Waals surface area (Å²) in [6.07, 6.45) is 3.10. The van der Waals surface area contributed by atoms with Gasteiger partial charge >= 0.3 is 0 Å². The second-order valence-electron chi connectivity index (χ2n) is 1.19. The minimum Gasteiger partial charge on any atom is -0.374 e. The first-order valence-electron chi connectivity index (χ1n) is 1.97. The van der Waals surface area contributed by atoms with Crippen LogP contribution in [0.4, 0.5) is 0 Å². The Labute approximate surface area is 51.3 Å². The molecule has 0 saturated heterocycles. The number of aromatic nitrogens is 3. The van der Waals surface area contributed by atoms with Gasteiger partial charge in [-0.2, -0.15) is 4.68 Å². The van der Waals surface area contributed by atoms with Gasteiger partial charge in [0.15, 0.2) is 5.11 Å².